The van der Waals surface area contributed by atoms with E-state index in [4.69, 9.17) is 14.4 Å². The summed E-state index contributed by atoms with van der Waals surface area (Å²) in [5.74, 6) is -0.324. The van der Waals surface area contributed by atoms with E-state index in [-0.39, 0.29) is 17.9 Å². The molecule has 0 spiro atoms. The molecule has 0 aliphatic carbocycles. The summed E-state index contributed by atoms with van der Waals surface area (Å²) in [6.07, 6.45) is -1.01. The zero-order valence-electron chi connectivity index (χ0n) is 12.0. The van der Waals surface area contributed by atoms with Crippen LogP contribution in [0.5, 0.6) is 5.75 Å². The fourth-order valence-electron chi connectivity index (χ4n) is 1.17. The Balaban J connectivity index is 2.62. The Morgan fingerprint density at radius 3 is 2.50 bits per heavy atom. The smallest absolute Gasteiger partial charge is 0.462 e. The number of esters is 1. The van der Waals surface area contributed by atoms with Gasteiger partial charge in [0.1, 0.15) is 11.4 Å². The number of carbonyl (C=O) groups excluding carboxylic acids is 2. The van der Waals surface area contributed by atoms with Crippen molar-refractivity contribution in [3.8, 4) is 5.75 Å². The van der Waals surface area contributed by atoms with Crippen molar-refractivity contribution in [1.29, 1.82) is 0 Å². The first kappa shape index (κ1) is 16.0. The molecule has 20 heavy (non-hydrogen) atoms. The molecule has 0 heterocycles. The molecule has 6 heteroatoms. The van der Waals surface area contributed by atoms with Gasteiger partial charge in [-0.3, -0.25) is 4.89 Å². The van der Waals surface area contributed by atoms with Crippen LogP contribution < -0.4 is 4.74 Å². The number of hydrogen-bond donors (Lipinski definition) is 0. The van der Waals surface area contributed by atoms with Crippen LogP contribution in [0.15, 0.2) is 24.3 Å². The van der Waals surface area contributed by atoms with Gasteiger partial charge in [-0.2, -0.15) is 4.89 Å². The van der Waals surface area contributed by atoms with Crippen molar-refractivity contribution in [2.75, 3.05) is 6.61 Å². The van der Waals surface area contributed by atoms with E-state index < -0.39 is 17.7 Å². The van der Waals surface area contributed by atoms with E-state index in [1.54, 1.807) is 39.8 Å². The van der Waals surface area contributed by atoms with Crippen molar-refractivity contribution >= 4 is 12.1 Å². The lowest BCUT2D eigenvalue weighted by Crippen LogP contribution is -2.23. The quantitative estimate of drug-likeness (QED) is 0.366. The molecule has 0 aromatic heterocycles. The van der Waals surface area contributed by atoms with Crippen LogP contribution in [0.3, 0.4) is 0 Å². The van der Waals surface area contributed by atoms with E-state index in [2.05, 4.69) is 4.89 Å². The third kappa shape index (κ3) is 5.71. The van der Waals surface area contributed by atoms with Crippen LogP contribution in [-0.2, 0) is 14.5 Å². The molecule has 1 aromatic carbocycles. The molecule has 0 aliphatic heterocycles. The SMILES string of the molecule is CCOC(=O)c1cccc(OC(=O)OOC(C)(C)C)c1. The first-order valence-electron chi connectivity index (χ1n) is 6.16. The fraction of sp³-hybridized carbons (Fsp3) is 0.429. The molecule has 0 fully saturated rings. The molecule has 6 nitrogen and oxygen atoms in total. The molecular formula is C14H18O6. The topological polar surface area (TPSA) is 71.1 Å². The van der Waals surface area contributed by atoms with Crippen molar-refractivity contribution in [1.82, 2.24) is 0 Å². The highest BCUT2D eigenvalue weighted by Crippen LogP contribution is 2.16. The predicted molar refractivity (Wildman–Crippen MR) is 70.3 cm³/mol. The normalized spacial score (nSPS) is 10.8. The average Bonchev–Trinajstić information content (AvgIpc) is 2.36. The Labute approximate surface area is 117 Å². The Bertz CT molecular complexity index is 475. The maximum absolute atomic E-state index is 11.5. The predicted octanol–water partition coefficient (Wildman–Crippen LogP) is 3.11. The van der Waals surface area contributed by atoms with Crippen LogP contribution in [0.1, 0.15) is 38.1 Å². The highest BCUT2D eigenvalue weighted by Gasteiger charge is 2.17. The van der Waals surface area contributed by atoms with E-state index in [0.29, 0.717) is 0 Å². The molecule has 0 saturated heterocycles. The summed E-state index contributed by atoms with van der Waals surface area (Å²) in [6, 6.07) is 6.03. The second-order valence-electron chi connectivity index (χ2n) is 4.88. The van der Waals surface area contributed by atoms with Crippen LogP contribution in [0.25, 0.3) is 0 Å². The first-order valence-corrected chi connectivity index (χ1v) is 6.16. The lowest BCUT2D eigenvalue weighted by molar-refractivity contribution is -0.307. The average molecular weight is 282 g/mol. The minimum Gasteiger partial charge on any atom is -0.462 e. The van der Waals surface area contributed by atoms with E-state index >= 15 is 0 Å². The molecule has 1 rings (SSSR count). The van der Waals surface area contributed by atoms with Crippen LogP contribution in [0.4, 0.5) is 4.79 Å². The maximum Gasteiger partial charge on any atom is 0.546 e. The lowest BCUT2D eigenvalue weighted by Gasteiger charge is -2.16. The minimum atomic E-state index is -1.01. The summed E-state index contributed by atoms with van der Waals surface area (Å²) in [4.78, 5) is 32.2. The van der Waals surface area contributed by atoms with E-state index in [9.17, 15) is 9.59 Å². The van der Waals surface area contributed by atoms with E-state index in [1.165, 1.54) is 12.1 Å². The van der Waals surface area contributed by atoms with Gasteiger partial charge in [-0.15, -0.1) is 0 Å². The molecule has 1 aromatic rings. The maximum atomic E-state index is 11.5. The molecule has 0 saturated carbocycles. The molecule has 0 amide bonds. The molecular weight excluding hydrogens is 264 g/mol. The summed E-state index contributed by atoms with van der Waals surface area (Å²) in [5.41, 5.74) is -0.347. The largest absolute Gasteiger partial charge is 0.546 e. The third-order valence-corrected chi connectivity index (χ3v) is 1.91. The summed E-state index contributed by atoms with van der Waals surface area (Å²) in [5, 5.41) is 0. The number of hydrogen-bond acceptors (Lipinski definition) is 6. The molecule has 0 atom stereocenters. The van der Waals surface area contributed by atoms with Gasteiger partial charge < -0.3 is 9.47 Å². The summed E-state index contributed by atoms with van der Waals surface area (Å²) >= 11 is 0. The van der Waals surface area contributed by atoms with Gasteiger partial charge in [0.15, 0.2) is 0 Å². The van der Waals surface area contributed by atoms with E-state index in [0.717, 1.165) is 0 Å². The lowest BCUT2D eigenvalue weighted by atomic mass is 10.2. The van der Waals surface area contributed by atoms with Crippen LogP contribution in [0, 0.1) is 0 Å². The van der Waals surface area contributed by atoms with E-state index in [1.807, 2.05) is 0 Å². The second kappa shape index (κ2) is 6.91. The van der Waals surface area contributed by atoms with Crippen molar-refractivity contribution in [2.45, 2.75) is 33.3 Å². The number of carbonyl (C=O) groups is 2. The minimum absolute atomic E-state index is 0.165. The van der Waals surface area contributed by atoms with Crippen LogP contribution >= 0.6 is 0 Å². The van der Waals surface area contributed by atoms with Gasteiger partial charge in [-0.25, -0.2) is 9.59 Å². The first-order chi connectivity index (χ1) is 9.31. The Hall–Kier alpha value is -2.08. The fourth-order valence-corrected chi connectivity index (χ4v) is 1.17. The Morgan fingerprint density at radius 2 is 1.90 bits per heavy atom. The number of rotatable bonds is 4. The van der Waals surface area contributed by atoms with Crippen LogP contribution in [0.2, 0.25) is 0 Å². The summed E-state index contributed by atoms with van der Waals surface area (Å²) < 4.78 is 9.73. The van der Waals surface area contributed by atoms with Crippen molar-refractivity contribution in [3.63, 3.8) is 0 Å². The molecule has 0 unspecified atom stereocenters. The van der Waals surface area contributed by atoms with Crippen LogP contribution in [-0.4, -0.2) is 24.3 Å². The van der Waals surface area contributed by atoms with Crippen molar-refractivity contribution in [3.05, 3.63) is 29.8 Å². The van der Waals surface area contributed by atoms with Gasteiger partial charge in [0.05, 0.1) is 12.2 Å². The summed E-state index contributed by atoms with van der Waals surface area (Å²) in [7, 11) is 0. The van der Waals surface area contributed by atoms with Gasteiger partial charge in [-0.1, -0.05) is 6.07 Å². The monoisotopic (exact) mass is 282 g/mol. The summed E-state index contributed by atoms with van der Waals surface area (Å²) in [6.45, 7) is 7.15. The highest BCUT2D eigenvalue weighted by atomic mass is 17.2. The zero-order valence-corrected chi connectivity index (χ0v) is 12.0. The standard InChI is InChI=1S/C14H18O6/c1-5-17-12(15)10-7-6-8-11(9-10)18-13(16)19-20-14(2,3)4/h6-9H,5H2,1-4H3. The zero-order chi connectivity index (χ0) is 15.2. The van der Waals surface area contributed by atoms with Crippen molar-refractivity contribution in [2.24, 2.45) is 0 Å². The van der Waals surface area contributed by atoms with Gasteiger partial charge in [-0.05, 0) is 45.9 Å². The highest BCUT2D eigenvalue weighted by molar-refractivity contribution is 5.90. The number of ether oxygens (including phenoxy) is 2. The number of benzene rings is 1. The molecule has 0 bridgehead atoms. The van der Waals surface area contributed by atoms with Gasteiger partial charge in [0, 0.05) is 0 Å². The Kier molecular flexibility index (Phi) is 5.52. The van der Waals surface area contributed by atoms with Gasteiger partial charge in [0.25, 0.3) is 0 Å². The Morgan fingerprint density at radius 1 is 1.20 bits per heavy atom. The van der Waals surface area contributed by atoms with Crippen molar-refractivity contribution < 1.29 is 28.8 Å². The molecule has 0 N–H and O–H groups in total. The second-order valence-corrected chi connectivity index (χ2v) is 4.88. The van der Waals surface area contributed by atoms with Gasteiger partial charge >= 0.3 is 12.1 Å². The molecule has 0 radical (unpaired) electrons. The third-order valence-electron chi connectivity index (χ3n) is 1.91. The molecule has 0 aliphatic rings. The molecule has 110 valence electrons. The van der Waals surface area contributed by atoms with Gasteiger partial charge in [0.2, 0.25) is 0 Å².